The molecule has 2 nitrogen and oxygen atoms in total. The van der Waals surface area contributed by atoms with Crippen molar-refractivity contribution in [1.82, 2.24) is 0 Å². The van der Waals surface area contributed by atoms with Gasteiger partial charge >= 0.3 is 0 Å². The van der Waals surface area contributed by atoms with Crippen LogP contribution in [-0.4, -0.2) is 19.5 Å². The minimum atomic E-state index is 0.731. The molecule has 4 heteroatoms. The largest absolute Gasteiger partial charge is 0.497 e. The lowest BCUT2D eigenvalue weighted by Crippen LogP contribution is -1.98. The quantitative estimate of drug-likeness (QED) is 0.485. The molecule has 21 heavy (non-hydrogen) atoms. The van der Waals surface area contributed by atoms with E-state index < -0.39 is 0 Å². The molecule has 2 aromatic rings. The second kappa shape index (κ2) is 8.85. The number of rotatable bonds is 8. The highest BCUT2D eigenvalue weighted by molar-refractivity contribution is 7.99. The number of methoxy groups -OCH3 is 1. The SMILES string of the molecule is COc1cccc(OCCCCSc2ccc(Cl)cc2)c1. The zero-order valence-corrected chi connectivity index (χ0v) is 13.6. The molecule has 2 rings (SSSR count). The van der Waals surface area contributed by atoms with Gasteiger partial charge in [-0.25, -0.2) is 0 Å². The predicted octanol–water partition coefficient (Wildman–Crippen LogP) is 5.30. The Labute approximate surface area is 135 Å². The van der Waals surface area contributed by atoms with Crippen molar-refractivity contribution in [2.45, 2.75) is 17.7 Å². The van der Waals surface area contributed by atoms with Gasteiger partial charge in [0.05, 0.1) is 13.7 Å². The van der Waals surface area contributed by atoms with Crippen LogP contribution in [0.1, 0.15) is 12.8 Å². The van der Waals surface area contributed by atoms with Crippen LogP contribution in [0.2, 0.25) is 5.02 Å². The molecule has 0 aliphatic rings. The normalized spacial score (nSPS) is 10.4. The third-order valence-corrected chi connectivity index (χ3v) is 4.28. The summed E-state index contributed by atoms with van der Waals surface area (Å²) in [5.74, 6) is 2.77. The van der Waals surface area contributed by atoms with Gasteiger partial charge in [0.15, 0.2) is 0 Å². The molecular weight excluding hydrogens is 304 g/mol. The van der Waals surface area contributed by atoms with E-state index in [9.17, 15) is 0 Å². The van der Waals surface area contributed by atoms with Crippen molar-refractivity contribution in [2.24, 2.45) is 0 Å². The molecule has 0 N–H and O–H groups in total. The molecule has 0 saturated carbocycles. The Kier molecular flexibility index (Phi) is 6.77. The first-order valence-corrected chi connectivity index (χ1v) is 8.29. The van der Waals surface area contributed by atoms with E-state index in [1.165, 1.54) is 4.90 Å². The molecule has 0 aliphatic heterocycles. The van der Waals surface area contributed by atoms with Crippen molar-refractivity contribution in [3.05, 3.63) is 53.6 Å². The van der Waals surface area contributed by atoms with Crippen molar-refractivity contribution >= 4 is 23.4 Å². The van der Waals surface area contributed by atoms with Gasteiger partial charge in [-0.1, -0.05) is 17.7 Å². The number of ether oxygens (including phenoxy) is 2. The lowest BCUT2D eigenvalue weighted by Gasteiger charge is -2.07. The molecule has 0 aliphatic carbocycles. The summed E-state index contributed by atoms with van der Waals surface area (Å²) >= 11 is 7.71. The number of unbranched alkanes of at least 4 members (excludes halogenated alkanes) is 1. The molecule has 0 unspecified atom stereocenters. The second-order valence-corrected chi connectivity index (χ2v) is 6.14. The Morgan fingerprint density at radius 2 is 1.76 bits per heavy atom. The van der Waals surface area contributed by atoms with Crippen molar-refractivity contribution < 1.29 is 9.47 Å². The summed E-state index contributed by atoms with van der Waals surface area (Å²) in [7, 11) is 1.66. The van der Waals surface area contributed by atoms with Gasteiger partial charge in [-0.05, 0) is 55.0 Å². The van der Waals surface area contributed by atoms with Gasteiger partial charge < -0.3 is 9.47 Å². The van der Waals surface area contributed by atoms with Crippen LogP contribution < -0.4 is 9.47 Å². The number of hydrogen-bond donors (Lipinski definition) is 0. The average molecular weight is 323 g/mol. The van der Waals surface area contributed by atoms with Crippen LogP contribution in [0.4, 0.5) is 0 Å². The van der Waals surface area contributed by atoms with E-state index in [1.807, 2.05) is 48.2 Å². The van der Waals surface area contributed by atoms with Crippen LogP contribution in [0.15, 0.2) is 53.4 Å². The zero-order valence-electron chi connectivity index (χ0n) is 12.0. The van der Waals surface area contributed by atoms with Gasteiger partial charge in [-0.2, -0.15) is 0 Å². The standard InChI is InChI=1S/C17H19ClO2S/c1-19-15-5-4-6-16(13-15)20-11-2-3-12-21-17-9-7-14(18)8-10-17/h4-10,13H,2-3,11-12H2,1H3. The van der Waals surface area contributed by atoms with E-state index in [0.717, 1.165) is 41.7 Å². The summed E-state index contributed by atoms with van der Waals surface area (Å²) in [6.07, 6.45) is 2.16. The highest BCUT2D eigenvalue weighted by atomic mass is 35.5. The Bertz CT molecular complexity index is 543. The van der Waals surface area contributed by atoms with E-state index in [1.54, 1.807) is 7.11 Å². The number of benzene rings is 2. The van der Waals surface area contributed by atoms with E-state index in [2.05, 4.69) is 12.1 Å². The van der Waals surface area contributed by atoms with Crippen molar-refractivity contribution in [1.29, 1.82) is 0 Å². The fraction of sp³-hybridized carbons (Fsp3) is 0.294. The molecule has 0 atom stereocenters. The van der Waals surface area contributed by atoms with Crippen LogP contribution in [0.25, 0.3) is 0 Å². The van der Waals surface area contributed by atoms with E-state index in [0.29, 0.717) is 0 Å². The van der Waals surface area contributed by atoms with Gasteiger partial charge in [-0.3, -0.25) is 0 Å². The average Bonchev–Trinajstić information content (AvgIpc) is 2.52. The van der Waals surface area contributed by atoms with E-state index in [4.69, 9.17) is 21.1 Å². The smallest absolute Gasteiger partial charge is 0.122 e. The molecule has 112 valence electrons. The molecule has 0 bridgehead atoms. The van der Waals surface area contributed by atoms with Gasteiger partial charge in [0.25, 0.3) is 0 Å². The third kappa shape index (κ3) is 5.90. The summed E-state index contributed by atoms with van der Waals surface area (Å²) in [5.41, 5.74) is 0. The molecule has 2 aromatic carbocycles. The monoisotopic (exact) mass is 322 g/mol. The van der Waals surface area contributed by atoms with Gasteiger partial charge in [0.2, 0.25) is 0 Å². The Hall–Kier alpha value is -1.32. The van der Waals surface area contributed by atoms with Crippen molar-refractivity contribution in [2.75, 3.05) is 19.5 Å². The van der Waals surface area contributed by atoms with Crippen LogP contribution in [-0.2, 0) is 0 Å². The summed E-state index contributed by atoms with van der Waals surface area (Å²) in [5, 5.41) is 0.783. The first-order chi connectivity index (χ1) is 10.3. The van der Waals surface area contributed by atoms with E-state index >= 15 is 0 Å². The molecule has 0 spiro atoms. The minimum Gasteiger partial charge on any atom is -0.497 e. The van der Waals surface area contributed by atoms with Crippen molar-refractivity contribution in [3.63, 3.8) is 0 Å². The van der Waals surface area contributed by atoms with Gasteiger partial charge in [0, 0.05) is 16.0 Å². The van der Waals surface area contributed by atoms with Gasteiger partial charge in [0.1, 0.15) is 11.5 Å². The maximum absolute atomic E-state index is 5.86. The maximum atomic E-state index is 5.86. The van der Waals surface area contributed by atoms with Crippen LogP contribution >= 0.6 is 23.4 Å². The number of halogens is 1. The lowest BCUT2D eigenvalue weighted by molar-refractivity contribution is 0.307. The molecule has 0 heterocycles. The summed E-state index contributed by atoms with van der Waals surface area (Å²) in [6.45, 7) is 0.731. The molecule has 0 aromatic heterocycles. The topological polar surface area (TPSA) is 18.5 Å². The Balaban J connectivity index is 1.60. The summed E-state index contributed by atoms with van der Waals surface area (Å²) < 4.78 is 10.9. The highest BCUT2D eigenvalue weighted by Crippen LogP contribution is 2.22. The van der Waals surface area contributed by atoms with Crippen molar-refractivity contribution in [3.8, 4) is 11.5 Å². The fourth-order valence-electron chi connectivity index (χ4n) is 1.81. The molecule has 0 radical (unpaired) electrons. The lowest BCUT2D eigenvalue weighted by atomic mass is 10.3. The van der Waals surface area contributed by atoms with Crippen LogP contribution in [0.5, 0.6) is 11.5 Å². The first kappa shape index (κ1) is 16.1. The fourth-order valence-corrected chi connectivity index (χ4v) is 2.84. The first-order valence-electron chi connectivity index (χ1n) is 6.93. The minimum absolute atomic E-state index is 0.731. The number of hydrogen-bond acceptors (Lipinski definition) is 3. The molecule has 0 saturated heterocycles. The maximum Gasteiger partial charge on any atom is 0.122 e. The Morgan fingerprint density at radius 1 is 1.00 bits per heavy atom. The molecular formula is C17H19ClO2S. The predicted molar refractivity (Wildman–Crippen MR) is 89.9 cm³/mol. The molecule has 0 amide bonds. The van der Waals surface area contributed by atoms with Gasteiger partial charge in [-0.15, -0.1) is 11.8 Å². The zero-order chi connectivity index (χ0) is 14.9. The van der Waals surface area contributed by atoms with Crippen LogP contribution in [0.3, 0.4) is 0 Å². The third-order valence-electron chi connectivity index (χ3n) is 2.93. The number of thioether (sulfide) groups is 1. The van der Waals surface area contributed by atoms with Crippen LogP contribution in [0, 0.1) is 0 Å². The molecule has 0 fully saturated rings. The second-order valence-electron chi connectivity index (χ2n) is 4.54. The summed E-state index contributed by atoms with van der Waals surface area (Å²) in [6, 6.07) is 15.7. The summed E-state index contributed by atoms with van der Waals surface area (Å²) in [4.78, 5) is 1.26. The Morgan fingerprint density at radius 3 is 2.52 bits per heavy atom. The van der Waals surface area contributed by atoms with E-state index in [-0.39, 0.29) is 0 Å². The highest BCUT2D eigenvalue weighted by Gasteiger charge is 1.98.